The lowest BCUT2D eigenvalue weighted by Crippen LogP contribution is -2.00. The highest BCUT2D eigenvalue weighted by molar-refractivity contribution is 6.35. The lowest BCUT2D eigenvalue weighted by Gasteiger charge is -2.03. The quantitative estimate of drug-likeness (QED) is 0.514. The lowest BCUT2D eigenvalue weighted by molar-refractivity contribution is 0.741. The van der Waals surface area contributed by atoms with Gasteiger partial charge in [-0.2, -0.15) is 0 Å². The molecule has 84 valence electrons. The second kappa shape index (κ2) is 6.72. The van der Waals surface area contributed by atoms with Crippen molar-refractivity contribution in [3.63, 3.8) is 0 Å². The number of allylic oxidation sites excluding steroid dienone is 1. The van der Waals surface area contributed by atoms with Gasteiger partial charge >= 0.3 is 0 Å². The molecule has 0 aliphatic rings. The van der Waals surface area contributed by atoms with Crippen LogP contribution in [0.25, 0.3) is 0 Å². The van der Waals surface area contributed by atoms with E-state index in [2.05, 4.69) is 30.8 Å². The molecule has 2 heteroatoms. The molecule has 0 fully saturated rings. The molecule has 0 bridgehead atoms. The molecule has 0 aliphatic heterocycles. The van der Waals surface area contributed by atoms with E-state index >= 15 is 0 Å². The van der Waals surface area contributed by atoms with Gasteiger partial charge in [0.1, 0.15) is 0 Å². The standard InChI is InChI=1S/C14H18N2/c1-12(14(16)11-15)7-5-6-10-13-8-3-2-4-9-13/h2-4,8-9,11,15-16H,1,5-7,10H2. The van der Waals surface area contributed by atoms with Crippen molar-refractivity contribution in [3.05, 3.63) is 48.0 Å². The molecule has 0 saturated heterocycles. The summed E-state index contributed by atoms with van der Waals surface area (Å²) in [5.41, 5.74) is 2.37. The Bertz CT molecular complexity index is 366. The zero-order valence-electron chi connectivity index (χ0n) is 9.50. The van der Waals surface area contributed by atoms with Crippen LogP contribution in [0.5, 0.6) is 0 Å². The first-order valence-electron chi connectivity index (χ1n) is 5.55. The van der Waals surface area contributed by atoms with Crippen LogP contribution >= 0.6 is 0 Å². The van der Waals surface area contributed by atoms with Gasteiger partial charge in [-0.15, -0.1) is 0 Å². The maximum Gasteiger partial charge on any atom is 0.0741 e. The molecule has 0 spiro atoms. The fourth-order valence-corrected chi connectivity index (χ4v) is 1.55. The third-order valence-corrected chi connectivity index (χ3v) is 2.56. The van der Waals surface area contributed by atoms with Gasteiger partial charge < -0.3 is 5.41 Å². The zero-order valence-corrected chi connectivity index (χ0v) is 9.50. The predicted octanol–water partition coefficient (Wildman–Crippen LogP) is 3.62. The van der Waals surface area contributed by atoms with Crippen molar-refractivity contribution in [2.75, 3.05) is 0 Å². The van der Waals surface area contributed by atoms with Gasteiger partial charge in [0.2, 0.25) is 0 Å². The van der Waals surface area contributed by atoms with Crippen molar-refractivity contribution in [2.45, 2.75) is 25.7 Å². The zero-order chi connectivity index (χ0) is 11.8. The topological polar surface area (TPSA) is 47.7 Å². The molecule has 2 N–H and O–H groups in total. The Morgan fingerprint density at radius 1 is 1.19 bits per heavy atom. The van der Waals surface area contributed by atoms with E-state index in [0.717, 1.165) is 37.5 Å². The van der Waals surface area contributed by atoms with E-state index in [1.54, 1.807) is 0 Å². The summed E-state index contributed by atoms with van der Waals surface area (Å²) in [5, 5.41) is 14.3. The van der Waals surface area contributed by atoms with Gasteiger partial charge in [-0.3, -0.25) is 5.41 Å². The second-order valence-corrected chi connectivity index (χ2v) is 3.85. The molecule has 1 aromatic carbocycles. The maximum absolute atomic E-state index is 7.40. The van der Waals surface area contributed by atoms with Crippen molar-refractivity contribution in [3.8, 4) is 0 Å². The molecular weight excluding hydrogens is 196 g/mol. The van der Waals surface area contributed by atoms with Crippen LogP contribution < -0.4 is 0 Å². The Morgan fingerprint density at radius 2 is 1.88 bits per heavy atom. The summed E-state index contributed by atoms with van der Waals surface area (Å²) in [6.45, 7) is 3.79. The van der Waals surface area contributed by atoms with Gasteiger partial charge in [-0.25, -0.2) is 0 Å². The van der Waals surface area contributed by atoms with Crippen LogP contribution in [-0.4, -0.2) is 11.9 Å². The average Bonchev–Trinajstić information content (AvgIpc) is 2.34. The number of nitrogens with one attached hydrogen (secondary N) is 2. The van der Waals surface area contributed by atoms with E-state index < -0.39 is 0 Å². The van der Waals surface area contributed by atoms with E-state index in [1.807, 2.05) is 6.07 Å². The number of unbranched alkanes of at least 4 members (excludes halogenated alkanes) is 1. The highest BCUT2D eigenvalue weighted by atomic mass is 14.5. The molecule has 0 saturated carbocycles. The number of rotatable bonds is 7. The van der Waals surface area contributed by atoms with Crippen LogP contribution in [0.1, 0.15) is 24.8 Å². The molecule has 0 unspecified atom stereocenters. The molecular formula is C14H18N2. The smallest absolute Gasteiger partial charge is 0.0741 e. The highest BCUT2D eigenvalue weighted by Gasteiger charge is 1.99. The SMILES string of the molecule is C=C(CCCCc1ccccc1)C(=N)C=N. The fraction of sp³-hybridized carbons (Fsp3) is 0.286. The number of aryl methyl sites for hydroxylation is 1. The monoisotopic (exact) mass is 214 g/mol. The average molecular weight is 214 g/mol. The molecule has 0 aliphatic carbocycles. The Morgan fingerprint density at radius 3 is 2.50 bits per heavy atom. The molecule has 0 radical (unpaired) electrons. The van der Waals surface area contributed by atoms with Gasteiger partial charge in [-0.05, 0) is 36.8 Å². The summed E-state index contributed by atoms with van der Waals surface area (Å²) in [5.74, 6) is 0. The van der Waals surface area contributed by atoms with E-state index in [4.69, 9.17) is 10.8 Å². The molecule has 0 heterocycles. The van der Waals surface area contributed by atoms with E-state index in [9.17, 15) is 0 Å². The summed E-state index contributed by atoms with van der Waals surface area (Å²) < 4.78 is 0. The van der Waals surface area contributed by atoms with Crippen LogP contribution in [0, 0.1) is 10.8 Å². The minimum atomic E-state index is 0.250. The van der Waals surface area contributed by atoms with Crippen LogP contribution in [-0.2, 0) is 6.42 Å². The Balaban J connectivity index is 2.20. The summed E-state index contributed by atoms with van der Waals surface area (Å²) >= 11 is 0. The molecule has 1 rings (SSSR count). The van der Waals surface area contributed by atoms with Crippen LogP contribution in [0.15, 0.2) is 42.5 Å². The minimum Gasteiger partial charge on any atom is -0.307 e. The molecule has 0 amide bonds. The minimum absolute atomic E-state index is 0.250. The second-order valence-electron chi connectivity index (χ2n) is 3.85. The third-order valence-electron chi connectivity index (χ3n) is 2.56. The van der Waals surface area contributed by atoms with Gasteiger partial charge in [0, 0.05) is 6.21 Å². The fourth-order valence-electron chi connectivity index (χ4n) is 1.55. The molecule has 1 aromatic rings. The van der Waals surface area contributed by atoms with E-state index in [1.165, 1.54) is 5.56 Å². The maximum atomic E-state index is 7.40. The number of hydrogen-bond acceptors (Lipinski definition) is 2. The first-order chi connectivity index (χ1) is 7.74. The lowest BCUT2D eigenvalue weighted by atomic mass is 10.0. The van der Waals surface area contributed by atoms with Crippen molar-refractivity contribution >= 4 is 11.9 Å². The van der Waals surface area contributed by atoms with Crippen LogP contribution in [0.2, 0.25) is 0 Å². The Kier molecular flexibility index (Phi) is 5.20. The van der Waals surface area contributed by atoms with Crippen molar-refractivity contribution in [1.29, 1.82) is 10.8 Å². The van der Waals surface area contributed by atoms with Gasteiger partial charge in [0.25, 0.3) is 0 Å². The summed E-state index contributed by atoms with van der Waals surface area (Å²) in [7, 11) is 0. The Hall–Kier alpha value is -1.70. The largest absolute Gasteiger partial charge is 0.307 e. The molecule has 2 nitrogen and oxygen atoms in total. The highest BCUT2D eigenvalue weighted by Crippen LogP contribution is 2.10. The predicted molar refractivity (Wildman–Crippen MR) is 69.6 cm³/mol. The van der Waals surface area contributed by atoms with Crippen LogP contribution in [0.4, 0.5) is 0 Å². The van der Waals surface area contributed by atoms with Crippen LogP contribution in [0.3, 0.4) is 0 Å². The van der Waals surface area contributed by atoms with Gasteiger partial charge in [0.05, 0.1) is 5.71 Å². The van der Waals surface area contributed by atoms with Gasteiger partial charge in [-0.1, -0.05) is 36.9 Å². The third kappa shape index (κ3) is 4.22. The van der Waals surface area contributed by atoms with E-state index in [0.29, 0.717) is 0 Å². The number of hydrogen-bond donors (Lipinski definition) is 2. The molecule has 0 aromatic heterocycles. The van der Waals surface area contributed by atoms with Crippen molar-refractivity contribution < 1.29 is 0 Å². The Labute approximate surface area is 97.0 Å². The summed E-state index contributed by atoms with van der Waals surface area (Å²) in [6, 6.07) is 10.4. The first kappa shape index (κ1) is 12.4. The summed E-state index contributed by atoms with van der Waals surface area (Å²) in [4.78, 5) is 0. The molecule has 16 heavy (non-hydrogen) atoms. The van der Waals surface area contributed by atoms with E-state index in [-0.39, 0.29) is 5.71 Å². The normalized spacial score (nSPS) is 9.75. The molecule has 0 atom stereocenters. The summed E-state index contributed by atoms with van der Waals surface area (Å²) in [6.07, 6.45) is 5.09. The van der Waals surface area contributed by atoms with Crippen molar-refractivity contribution in [1.82, 2.24) is 0 Å². The van der Waals surface area contributed by atoms with Gasteiger partial charge in [0.15, 0.2) is 0 Å². The number of benzene rings is 1. The first-order valence-corrected chi connectivity index (χ1v) is 5.55. The van der Waals surface area contributed by atoms with Crippen molar-refractivity contribution in [2.24, 2.45) is 0 Å².